The van der Waals surface area contributed by atoms with Crippen LogP contribution in [0.25, 0.3) is 10.9 Å². The minimum absolute atomic E-state index is 1.07. The van der Waals surface area contributed by atoms with Gasteiger partial charge in [-0.15, -0.1) is 0 Å². The topological polar surface area (TPSA) is 28.7 Å². The van der Waals surface area contributed by atoms with E-state index in [-0.39, 0.29) is 0 Å². The van der Waals surface area contributed by atoms with Gasteiger partial charge in [0.1, 0.15) is 5.52 Å². The molecule has 0 saturated heterocycles. The van der Waals surface area contributed by atoms with Gasteiger partial charge in [-0.05, 0) is 35.6 Å². The number of nitrogens with zero attached hydrogens (tertiary/aromatic N) is 1. The zero-order chi connectivity index (χ0) is 7.84. The number of aromatic nitrogens is 2. The molecule has 0 atom stereocenters. The van der Waals surface area contributed by atoms with Crippen molar-refractivity contribution in [1.29, 1.82) is 0 Å². The summed E-state index contributed by atoms with van der Waals surface area (Å²) in [5.41, 5.74) is 2.21. The Balaban J connectivity index is 2.94. The Hall–Kier alpha value is -0.580. The number of fused-ring (bicyclic) bond motifs is 1. The predicted octanol–water partition coefficient (Wildman–Crippen LogP) is 2.48. The molecule has 0 amide bonds. The molecule has 11 heavy (non-hydrogen) atoms. The van der Waals surface area contributed by atoms with E-state index in [0.717, 1.165) is 11.2 Å². The predicted molar refractivity (Wildman–Crippen MR) is 53.5 cm³/mol. The molecule has 0 unspecified atom stereocenters. The molecule has 2 rings (SSSR count). The van der Waals surface area contributed by atoms with E-state index in [0.29, 0.717) is 0 Å². The molecule has 0 spiro atoms. The molecule has 0 aliphatic heterocycles. The van der Waals surface area contributed by atoms with E-state index in [1.54, 1.807) is 0 Å². The summed E-state index contributed by atoms with van der Waals surface area (Å²) in [6, 6.07) is 6.19. The summed E-state index contributed by atoms with van der Waals surface area (Å²) in [5.74, 6) is 0. The average molecular weight is 258 g/mol. The van der Waals surface area contributed by atoms with Crippen molar-refractivity contribution in [3.63, 3.8) is 0 Å². The van der Waals surface area contributed by atoms with Crippen LogP contribution in [0.5, 0.6) is 0 Å². The van der Waals surface area contributed by atoms with E-state index < -0.39 is 0 Å². The van der Waals surface area contributed by atoms with Crippen LogP contribution in [0.15, 0.2) is 18.2 Å². The fourth-order valence-electron chi connectivity index (χ4n) is 1.13. The van der Waals surface area contributed by atoms with Crippen molar-refractivity contribution in [3.8, 4) is 0 Å². The van der Waals surface area contributed by atoms with Crippen LogP contribution in [0.2, 0.25) is 0 Å². The Bertz CT molecular complexity index is 392. The molecular weight excluding hydrogens is 251 g/mol. The zero-order valence-corrected chi connectivity index (χ0v) is 8.21. The maximum atomic E-state index is 4.19. The molecule has 3 heteroatoms. The lowest BCUT2D eigenvalue weighted by Gasteiger charge is -1.90. The highest BCUT2D eigenvalue weighted by Crippen LogP contribution is 2.19. The first kappa shape index (κ1) is 7.09. The summed E-state index contributed by atoms with van der Waals surface area (Å²) in [4.78, 5) is 0. The van der Waals surface area contributed by atoms with Crippen LogP contribution in [0.4, 0.5) is 0 Å². The lowest BCUT2D eigenvalue weighted by Crippen LogP contribution is -1.73. The molecule has 1 aromatic heterocycles. The van der Waals surface area contributed by atoms with Gasteiger partial charge in [0.2, 0.25) is 0 Å². The molecule has 2 nitrogen and oxygen atoms in total. The van der Waals surface area contributed by atoms with Gasteiger partial charge in [0.15, 0.2) is 0 Å². The summed E-state index contributed by atoms with van der Waals surface area (Å²) in [5, 5.41) is 8.37. The maximum Gasteiger partial charge on any atom is 0.106 e. The lowest BCUT2D eigenvalue weighted by molar-refractivity contribution is 1.07. The number of halogens is 1. The average Bonchev–Trinajstić information content (AvgIpc) is 2.35. The highest BCUT2D eigenvalue weighted by atomic mass is 127. The molecule has 0 aliphatic rings. The van der Waals surface area contributed by atoms with Gasteiger partial charge in [0.05, 0.1) is 0 Å². The summed E-state index contributed by atoms with van der Waals surface area (Å²) in [6.45, 7) is 2.03. The van der Waals surface area contributed by atoms with Crippen LogP contribution in [0.3, 0.4) is 0 Å². The number of hydrogen-bond donors (Lipinski definition) is 1. The highest BCUT2D eigenvalue weighted by molar-refractivity contribution is 14.1. The smallest absolute Gasteiger partial charge is 0.106 e. The number of nitrogens with one attached hydrogen (secondary N) is 1. The van der Waals surface area contributed by atoms with E-state index >= 15 is 0 Å². The van der Waals surface area contributed by atoms with Gasteiger partial charge in [0, 0.05) is 14.7 Å². The van der Waals surface area contributed by atoms with Gasteiger partial charge in [-0.25, -0.2) is 0 Å². The van der Waals surface area contributed by atoms with Crippen molar-refractivity contribution in [1.82, 2.24) is 10.2 Å². The van der Waals surface area contributed by atoms with Crippen molar-refractivity contribution in [2.45, 2.75) is 6.92 Å². The Morgan fingerprint density at radius 2 is 2.27 bits per heavy atom. The fraction of sp³-hybridized carbons (Fsp3) is 0.125. The molecule has 0 aliphatic carbocycles. The molecule has 56 valence electrons. The minimum Gasteiger partial charge on any atom is -0.282 e. The van der Waals surface area contributed by atoms with Gasteiger partial charge in [0.25, 0.3) is 0 Å². The van der Waals surface area contributed by atoms with E-state index in [4.69, 9.17) is 0 Å². The van der Waals surface area contributed by atoms with Crippen molar-refractivity contribution < 1.29 is 0 Å². The quantitative estimate of drug-likeness (QED) is 0.722. The van der Waals surface area contributed by atoms with Gasteiger partial charge < -0.3 is 0 Å². The number of aryl methyl sites for hydroxylation is 1. The molecule has 0 saturated carbocycles. The first-order valence-corrected chi connectivity index (χ1v) is 4.46. The van der Waals surface area contributed by atoms with E-state index in [9.17, 15) is 0 Å². The number of rotatable bonds is 0. The minimum atomic E-state index is 1.07. The molecule has 0 radical (unpaired) electrons. The Morgan fingerprint density at radius 1 is 1.45 bits per heavy atom. The maximum absolute atomic E-state index is 4.19. The van der Waals surface area contributed by atoms with Crippen molar-refractivity contribution >= 4 is 33.5 Å². The second-order valence-electron chi connectivity index (χ2n) is 2.48. The van der Waals surface area contributed by atoms with Crippen LogP contribution >= 0.6 is 22.6 Å². The standard InChI is InChI=1S/C8H7IN2/c1-5-6-3-2-4-7(9)8(6)11-10-5/h2-4H,1H3,(H,10,11). The molecule has 1 aromatic carbocycles. The summed E-state index contributed by atoms with van der Waals surface area (Å²) in [7, 11) is 0. The molecule has 0 fully saturated rings. The fourth-order valence-corrected chi connectivity index (χ4v) is 1.75. The SMILES string of the molecule is Cc1[nH]nc2c(I)cccc12. The Labute approximate surface area is 78.1 Å². The lowest BCUT2D eigenvalue weighted by atomic mass is 10.2. The van der Waals surface area contributed by atoms with Gasteiger partial charge in [-0.3, -0.25) is 5.10 Å². The number of benzene rings is 1. The van der Waals surface area contributed by atoms with Gasteiger partial charge in [-0.1, -0.05) is 12.1 Å². The number of aromatic amines is 1. The van der Waals surface area contributed by atoms with Gasteiger partial charge >= 0.3 is 0 Å². The normalized spacial score (nSPS) is 10.7. The van der Waals surface area contributed by atoms with Crippen molar-refractivity contribution in [2.24, 2.45) is 0 Å². The van der Waals surface area contributed by atoms with E-state index in [1.807, 2.05) is 13.0 Å². The summed E-state index contributed by atoms with van der Waals surface area (Å²) < 4.78 is 1.20. The van der Waals surface area contributed by atoms with Crippen LogP contribution in [-0.2, 0) is 0 Å². The third-order valence-corrected chi connectivity index (χ3v) is 2.60. The number of para-hydroxylation sites is 1. The monoisotopic (exact) mass is 258 g/mol. The van der Waals surface area contributed by atoms with E-state index in [1.165, 1.54) is 8.96 Å². The third-order valence-electron chi connectivity index (χ3n) is 1.73. The second kappa shape index (κ2) is 2.48. The largest absolute Gasteiger partial charge is 0.282 e. The van der Waals surface area contributed by atoms with Crippen LogP contribution in [-0.4, -0.2) is 10.2 Å². The van der Waals surface area contributed by atoms with Crippen LogP contribution in [0, 0.1) is 10.5 Å². The zero-order valence-electron chi connectivity index (χ0n) is 6.06. The summed E-state index contributed by atoms with van der Waals surface area (Å²) >= 11 is 2.29. The summed E-state index contributed by atoms with van der Waals surface area (Å²) in [6.07, 6.45) is 0. The van der Waals surface area contributed by atoms with E-state index in [2.05, 4.69) is 44.9 Å². The molecule has 1 heterocycles. The second-order valence-corrected chi connectivity index (χ2v) is 3.65. The molecule has 2 aromatic rings. The molecule has 0 bridgehead atoms. The number of H-pyrrole nitrogens is 1. The highest BCUT2D eigenvalue weighted by Gasteiger charge is 2.02. The van der Waals surface area contributed by atoms with Crippen molar-refractivity contribution in [3.05, 3.63) is 27.5 Å². The first-order chi connectivity index (χ1) is 5.29. The molecule has 1 N–H and O–H groups in total. The first-order valence-electron chi connectivity index (χ1n) is 3.38. The number of hydrogen-bond acceptors (Lipinski definition) is 1. The third kappa shape index (κ3) is 1.03. The van der Waals surface area contributed by atoms with Gasteiger partial charge in [-0.2, -0.15) is 5.10 Å². The van der Waals surface area contributed by atoms with Crippen LogP contribution < -0.4 is 0 Å². The molecular formula is C8H7IN2. The Morgan fingerprint density at radius 3 is 3.00 bits per heavy atom. The van der Waals surface area contributed by atoms with Crippen molar-refractivity contribution in [2.75, 3.05) is 0 Å². The Kier molecular flexibility index (Phi) is 1.60. The van der Waals surface area contributed by atoms with Crippen LogP contribution in [0.1, 0.15) is 5.69 Å².